The minimum atomic E-state index is -0.918. The summed E-state index contributed by atoms with van der Waals surface area (Å²) >= 11 is 1.37. The van der Waals surface area contributed by atoms with Crippen LogP contribution in [0, 0.1) is 6.92 Å². The quantitative estimate of drug-likeness (QED) is 0.600. The first kappa shape index (κ1) is 13.3. The summed E-state index contributed by atoms with van der Waals surface area (Å²) in [6.07, 6.45) is 3.82. The lowest BCUT2D eigenvalue weighted by Crippen LogP contribution is -2.52. The molecule has 6 heteroatoms. The average molecular weight is 267 g/mol. The van der Waals surface area contributed by atoms with Crippen LogP contribution in [0.4, 0.5) is 0 Å². The Bertz CT molecular complexity index is 451. The molecule has 1 aliphatic rings. The fourth-order valence-electron chi connectivity index (χ4n) is 1.55. The van der Waals surface area contributed by atoms with Gasteiger partial charge in [-0.1, -0.05) is 11.8 Å². The van der Waals surface area contributed by atoms with E-state index in [-0.39, 0.29) is 0 Å². The van der Waals surface area contributed by atoms with Gasteiger partial charge in [0.05, 0.1) is 0 Å². The molecule has 2 rings (SSSR count). The highest BCUT2D eigenvalue weighted by Crippen LogP contribution is 2.26. The number of nitrogens with one attached hydrogen (secondary N) is 1. The van der Waals surface area contributed by atoms with E-state index >= 15 is 0 Å². The lowest BCUT2D eigenvalue weighted by Gasteiger charge is -2.25. The molecule has 1 heterocycles. The van der Waals surface area contributed by atoms with E-state index in [1.54, 1.807) is 13.1 Å². The molecule has 2 N–H and O–H groups in total. The van der Waals surface area contributed by atoms with Crippen molar-refractivity contribution in [1.82, 2.24) is 15.3 Å². The van der Waals surface area contributed by atoms with Gasteiger partial charge in [-0.2, -0.15) is 0 Å². The number of carboxylic acid groups (broad SMARTS) is 1. The molecule has 0 radical (unpaired) electrons. The Kier molecular flexibility index (Phi) is 3.87. The van der Waals surface area contributed by atoms with Crippen molar-refractivity contribution in [2.75, 3.05) is 5.75 Å². The number of aliphatic carboxylic acids is 1. The van der Waals surface area contributed by atoms with E-state index in [0.717, 1.165) is 18.5 Å². The maximum Gasteiger partial charge on any atom is 0.324 e. The van der Waals surface area contributed by atoms with Gasteiger partial charge in [0.1, 0.15) is 5.54 Å². The number of carboxylic acids is 1. The van der Waals surface area contributed by atoms with Crippen molar-refractivity contribution in [1.29, 1.82) is 0 Å². The predicted molar refractivity (Wildman–Crippen MR) is 69.7 cm³/mol. The second kappa shape index (κ2) is 5.24. The molecule has 0 spiro atoms. The molecule has 1 aromatic heterocycles. The number of rotatable bonds is 6. The normalized spacial score (nSPS) is 18.3. The minimum Gasteiger partial charge on any atom is -0.480 e. The van der Waals surface area contributed by atoms with Crippen LogP contribution in [0.15, 0.2) is 17.4 Å². The Labute approximate surface area is 110 Å². The third kappa shape index (κ3) is 3.43. The Hall–Kier alpha value is -1.14. The molecule has 18 heavy (non-hydrogen) atoms. The number of aromatic nitrogens is 2. The van der Waals surface area contributed by atoms with Gasteiger partial charge in [-0.15, -0.1) is 0 Å². The van der Waals surface area contributed by atoms with Crippen LogP contribution in [0.2, 0.25) is 0 Å². The summed E-state index contributed by atoms with van der Waals surface area (Å²) in [4.78, 5) is 19.7. The highest BCUT2D eigenvalue weighted by molar-refractivity contribution is 7.99. The first-order valence-corrected chi connectivity index (χ1v) is 6.92. The summed E-state index contributed by atoms with van der Waals surface area (Å²) < 4.78 is 0. The highest BCUT2D eigenvalue weighted by Gasteiger charge is 2.38. The Morgan fingerprint density at radius 3 is 2.94 bits per heavy atom. The van der Waals surface area contributed by atoms with E-state index in [2.05, 4.69) is 15.3 Å². The first-order valence-electron chi connectivity index (χ1n) is 5.93. The molecule has 5 nitrogen and oxygen atoms in total. The van der Waals surface area contributed by atoms with Gasteiger partial charge in [-0.05, 0) is 32.8 Å². The van der Waals surface area contributed by atoms with E-state index in [9.17, 15) is 9.90 Å². The van der Waals surface area contributed by atoms with Gasteiger partial charge in [0, 0.05) is 23.7 Å². The minimum absolute atomic E-state index is 0.352. The molecule has 1 aliphatic carbocycles. The number of hydrogen-bond acceptors (Lipinski definition) is 5. The van der Waals surface area contributed by atoms with E-state index < -0.39 is 11.5 Å². The van der Waals surface area contributed by atoms with Crippen molar-refractivity contribution < 1.29 is 9.90 Å². The third-order valence-corrected chi connectivity index (χ3v) is 4.01. The van der Waals surface area contributed by atoms with Crippen molar-refractivity contribution in [2.45, 2.75) is 43.4 Å². The fraction of sp³-hybridized carbons (Fsp3) is 0.583. The highest BCUT2D eigenvalue weighted by atomic mass is 32.2. The average Bonchev–Trinajstić information content (AvgIpc) is 3.10. The monoisotopic (exact) mass is 267 g/mol. The number of thioether (sulfide) groups is 1. The smallest absolute Gasteiger partial charge is 0.324 e. The molecule has 0 aliphatic heterocycles. The van der Waals surface area contributed by atoms with Crippen molar-refractivity contribution in [2.24, 2.45) is 0 Å². The topological polar surface area (TPSA) is 75.1 Å². The molecule has 1 saturated carbocycles. The van der Waals surface area contributed by atoms with E-state index in [4.69, 9.17) is 0 Å². The summed E-state index contributed by atoms with van der Waals surface area (Å²) in [5.41, 5.74) is -0.0291. The molecule has 1 aromatic rings. The predicted octanol–water partition coefficient (Wildman–Crippen LogP) is 1.47. The van der Waals surface area contributed by atoms with E-state index in [1.165, 1.54) is 11.8 Å². The van der Waals surface area contributed by atoms with Gasteiger partial charge in [0.15, 0.2) is 5.16 Å². The van der Waals surface area contributed by atoms with Crippen LogP contribution in [0.25, 0.3) is 0 Å². The van der Waals surface area contributed by atoms with Crippen molar-refractivity contribution in [3.05, 3.63) is 18.0 Å². The van der Waals surface area contributed by atoms with Gasteiger partial charge in [0.25, 0.3) is 0 Å². The largest absolute Gasteiger partial charge is 0.480 e. The SMILES string of the molecule is Cc1ccnc(SCC(C)(NC2CC2)C(=O)O)n1. The standard InChI is InChI=1S/C12H17N3O2S/c1-8-5-6-13-11(14-8)18-7-12(2,10(16)17)15-9-3-4-9/h5-6,9,15H,3-4,7H2,1-2H3,(H,16,17). The lowest BCUT2D eigenvalue weighted by molar-refractivity contribution is -0.143. The zero-order valence-electron chi connectivity index (χ0n) is 10.5. The summed E-state index contributed by atoms with van der Waals surface area (Å²) in [5, 5.41) is 13.1. The Morgan fingerprint density at radius 2 is 2.39 bits per heavy atom. The van der Waals surface area contributed by atoms with Crippen LogP contribution < -0.4 is 5.32 Å². The molecule has 1 atom stereocenters. The molecule has 0 amide bonds. The number of nitrogens with zero attached hydrogens (tertiary/aromatic N) is 2. The number of hydrogen-bond donors (Lipinski definition) is 2. The van der Waals surface area contributed by atoms with E-state index in [1.807, 2.05) is 13.0 Å². The molecule has 0 bridgehead atoms. The zero-order valence-corrected chi connectivity index (χ0v) is 11.3. The fourth-order valence-corrected chi connectivity index (χ4v) is 2.52. The number of aryl methyl sites for hydroxylation is 1. The third-order valence-electron chi connectivity index (χ3n) is 2.83. The molecule has 0 aromatic carbocycles. The zero-order chi connectivity index (χ0) is 13.2. The van der Waals surface area contributed by atoms with Crippen LogP contribution in [-0.2, 0) is 4.79 Å². The van der Waals surface area contributed by atoms with Crippen molar-refractivity contribution in [3.8, 4) is 0 Å². The van der Waals surface area contributed by atoms with Crippen LogP contribution in [0.3, 0.4) is 0 Å². The molecule has 1 unspecified atom stereocenters. The molecule has 1 fully saturated rings. The Balaban J connectivity index is 1.98. The van der Waals surface area contributed by atoms with Gasteiger partial charge in [0.2, 0.25) is 0 Å². The van der Waals surface area contributed by atoms with Gasteiger partial charge in [-0.3, -0.25) is 10.1 Å². The lowest BCUT2D eigenvalue weighted by atomic mass is 10.1. The van der Waals surface area contributed by atoms with Crippen LogP contribution >= 0.6 is 11.8 Å². The van der Waals surface area contributed by atoms with Crippen molar-refractivity contribution >= 4 is 17.7 Å². The first-order chi connectivity index (χ1) is 8.49. The van der Waals surface area contributed by atoms with Crippen molar-refractivity contribution in [3.63, 3.8) is 0 Å². The van der Waals surface area contributed by atoms with Gasteiger partial charge < -0.3 is 5.11 Å². The Morgan fingerprint density at radius 1 is 1.67 bits per heavy atom. The van der Waals surface area contributed by atoms with Gasteiger partial charge >= 0.3 is 5.97 Å². The summed E-state index contributed by atoms with van der Waals surface area (Å²) in [6, 6.07) is 2.17. The number of carbonyl (C=O) groups is 1. The van der Waals surface area contributed by atoms with Crippen LogP contribution in [0.5, 0.6) is 0 Å². The second-order valence-corrected chi connectivity index (χ2v) is 5.77. The molecule has 0 saturated heterocycles. The maximum absolute atomic E-state index is 11.4. The summed E-state index contributed by atoms with van der Waals surface area (Å²) in [6.45, 7) is 3.61. The molecule has 98 valence electrons. The van der Waals surface area contributed by atoms with Crippen LogP contribution in [0.1, 0.15) is 25.5 Å². The van der Waals surface area contributed by atoms with Gasteiger partial charge in [-0.25, -0.2) is 9.97 Å². The summed E-state index contributed by atoms with van der Waals surface area (Å²) in [5.74, 6) is -0.406. The summed E-state index contributed by atoms with van der Waals surface area (Å²) in [7, 11) is 0. The molecular weight excluding hydrogens is 250 g/mol. The molecular formula is C12H17N3O2S. The second-order valence-electron chi connectivity index (χ2n) is 4.83. The maximum atomic E-state index is 11.4. The van der Waals surface area contributed by atoms with E-state index in [0.29, 0.717) is 17.0 Å². The van der Waals surface area contributed by atoms with Crippen LogP contribution in [-0.4, -0.2) is 38.4 Å².